The smallest absolute Gasteiger partial charge is 0.251 e. The van der Waals surface area contributed by atoms with E-state index in [0.717, 1.165) is 4.90 Å². The highest BCUT2D eigenvalue weighted by Crippen LogP contribution is 2.17. The van der Waals surface area contributed by atoms with Crippen molar-refractivity contribution >= 4 is 35.2 Å². The molecule has 2 N–H and O–H groups in total. The van der Waals surface area contributed by atoms with Crippen molar-refractivity contribution in [2.75, 3.05) is 18.8 Å². The van der Waals surface area contributed by atoms with Crippen LogP contribution in [0.2, 0.25) is 5.02 Å². The van der Waals surface area contributed by atoms with E-state index in [-0.39, 0.29) is 23.4 Å². The van der Waals surface area contributed by atoms with Crippen molar-refractivity contribution < 1.29 is 14.0 Å². The average Bonchev–Trinajstić information content (AvgIpc) is 2.58. The highest BCUT2D eigenvalue weighted by atomic mass is 35.5. The summed E-state index contributed by atoms with van der Waals surface area (Å²) in [5, 5.41) is 5.99. The molecule has 0 atom stereocenters. The highest BCUT2D eigenvalue weighted by Gasteiger charge is 2.06. The first-order valence-electron chi connectivity index (χ1n) is 7.23. The van der Waals surface area contributed by atoms with Gasteiger partial charge in [0.25, 0.3) is 5.91 Å². The number of amides is 2. The van der Waals surface area contributed by atoms with E-state index in [0.29, 0.717) is 23.7 Å². The minimum absolute atomic E-state index is 0.148. The van der Waals surface area contributed by atoms with Gasteiger partial charge in [0.05, 0.1) is 5.75 Å². The maximum Gasteiger partial charge on any atom is 0.251 e. The lowest BCUT2D eigenvalue weighted by Gasteiger charge is -2.07. The van der Waals surface area contributed by atoms with Crippen LogP contribution in [0.25, 0.3) is 0 Å². The van der Waals surface area contributed by atoms with E-state index in [9.17, 15) is 14.0 Å². The SMILES string of the molecule is O=C(CSc1ccc(F)cc1)NCCNC(=O)c1ccc(Cl)cc1. The van der Waals surface area contributed by atoms with Crippen LogP contribution in [-0.4, -0.2) is 30.7 Å². The van der Waals surface area contributed by atoms with Gasteiger partial charge in [0.1, 0.15) is 5.82 Å². The third-order valence-corrected chi connectivity index (χ3v) is 4.29. The quantitative estimate of drug-likeness (QED) is 0.584. The highest BCUT2D eigenvalue weighted by molar-refractivity contribution is 8.00. The maximum atomic E-state index is 12.8. The standard InChI is InChI=1S/C17H16ClFN2O2S/c18-13-3-1-12(2-4-13)17(23)21-10-9-20-16(22)11-24-15-7-5-14(19)6-8-15/h1-8H,9-11H2,(H,20,22)(H,21,23). The van der Waals surface area contributed by atoms with Gasteiger partial charge in [-0.05, 0) is 48.5 Å². The van der Waals surface area contributed by atoms with Crippen molar-refractivity contribution in [1.82, 2.24) is 10.6 Å². The average molecular weight is 367 g/mol. The van der Waals surface area contributed by atoms with Crippen LogP contribution in [0.5, 0.6) is 0 Å². The van der Waals surface area contributed by atoms with Crippen LogP contribution < -0.4 is 10.6 Å². The molecule has 0 bridgehead atoms. The van der Waals surface area contributed by atoms with Gasteiger partial charge >= 0.3 is 0 Å². The molecule has 0 aliphatic carbocycles. The van der Waals surface area contributed by atoms with E-state index in [1.165, 1.54) is 23.9 Å². The summed E-state index contributed by atoms with van der Waals surface area (Å²) in [5.41, 5.74) is 0.512. The number of thioether (sulfide) groups is 1. The molecule has 2 amide bonds. The third-order valence-electron chi connectivity index (χ3n) is 3.02. The Morgan fingerprint density at radius 2 is 1.58 bits per heavy atom. The molecular formula is C17H16ClFN2O2S. The number of carbonyl (C=O) groups excluding carboxylic acids is 2. The Morgan fingerprint density at radius 1 is 0.958 bits per heavy atom. The van der Waals surface area contributed by atoms with Gasteiger partial charge in [0, 0.05) is 28.6 Å². The summed E-state index contributed by atoms with van der Waals surface area (Å²) >= 11 is 7.08. The fraction of sp³-hybridized carbons (Fsp3) is 0.176. The van der Waals surface area contributed by atoms with Crippen LogP contribution in [-0.2, 0) is 4.79 Å². The Balaban J connectivity index is 1.63. The number of hydrogen-bond donors (Lipinski definition) is 2. The summed E-state index contributed by atoms with van der Waals surface area (Å²) < 4.78 is 12.8. The molecular weight excluding hydrogens is 351 g/mol. The van der Waals surface area contributed by atoms with Gasteiger partial charge < -0.3 is 10.6 Å². The lowest BCUT2D eigenvalue weighted by molar-refractivity contribution is -0.118. The largest absolute Gasteiger partial charge is 0.354 e. The second kappa shape index (κ2) is 9.30. The van der Waals surface area contributed by atoms with E-state index in [1.807, 2.05) is 0 Å². The van der Waals surface area contributed by atoms with Crippen molar-refractivity contribution in [3.63, 3.8) is 0 Å². The Kier molecular flexibility index (Phi) is 7.08. The molecule has 0 saturated carbocycles. The topological polar surface area (TPSA) is 58.2 Å². The summed E-state index contributed by atoms with van der Waals surface area (Å²) in [6.07, 6.45) is 0. The van der Waals surface area contributed by atoms with Crippen molar-refractivity contribution in [2.24, 2.45) is 0 Å². The lowest BCUT2D eigenvalue weighted by atomic mass is 10.2. The van der Waals surface area contributed by atoms with Crippen LogP contribution in [0.4, 0.5) is 4.39 Å². The minimum Gasteiger partial charge on any atom is -0.354 e. The molecule has 0 spiro atoms. The van der Waals surface area contributed by atoms with Gasteiger partial charge in [-0.15, -0.1) is 11.8 Å². The minimum atomic E-state index is -0.305. The molecule has 0 unspecified atom stereocenters. The zero-order chi connectivity index (χ0) is 17.4. The van der Waals surface area contributed by atoms with E-state index in [2.05, 4.69) is 10.6 Å². The van der Waals surface area contributed by atoms with Gasteiger partial charge in [-0.2, -0.15) is 0 Å². The molecule has 2 aromatic rings. The number of halogens is 2. The molecule has 7 heteroatoms. The van der Waals surface area contributed by atoms with Crippen molar-refractivity contribution in [2.45, 2.75) is 4.90 Å². The molecule has 24 heavy (non-hydrogen) atoms. The Morgan fingerprint density at radius 3 is 2.25 bits per heavy atom. The second-order valence-corrected chi connectivity index (χ2v) is 6.34. The summed E-state index contributed by atoms with van der Waals surface area (Å²) in [6, 6.07) is 12.5. The molecule has 2 rings (SSSR count). The number of nitrogens with one attached hydrogen (secondary N) is 2. The number of rotatable bonds is 7. The van der Waals surface area contributed by atoms with Crippen molar-refractivity contribution in [3.8, 4) is 0 Å². The van der Waals surface area contributed by atoms with Gasteiger partial charge in [-0.1, -0.05) is 11.6 Å². The fourth-order valence-electron chi connectivity index (χ4n) is 1.81. The predicted molar refractivity (Wildman–Crippen MR) is 93.9 cm³/mol. The van der Waals surface area contributed by atoms with Crippen LogP contribution in [0, 0.1) is 5.82 Å². The Bertz CT molecular complexity index is 693. The monoisotopic (exact) mass is 366 g/mol. The summed E-state index contributed by atoms with van der Waals surface area (Å²) in [4.78, 5) is 24.4. The first-order valence-corrected chi connectivity index (χ1v) is 8.60. The molecule has 0 saturated heterocycles. The molecule has 4 nitrogen and oxygen atoms in total. The molecule has 0 fully saturated rings. The van der Waals surface area contributed by atoms with Crippen LogP contribution in [0.3, 0.4) is 0 Å². The second-order valence-electron chi connectivity index (χ2n) is 4.86. The number of carbonyl (C=O) groups is 2. The maximum absolute atomic E-state index is 12.8. The number of benzene rings is 2. The molecule has 0 aliphatic heterocycles. The van der Waals surface area contributed by atoms with E-state index in [1.54, 1.807) is 36.4 Å². The van der Waals surface area contributed by atoms with E-state index in [4.69, 9.17) is 11.6 Å². The van der Waals surface area contributed by atoms with E-state index >= 15 is 0 Å². The molecule has 0 radical (unpaired) electrons. The zero-order valence-electron chi connectivity index (χ0n) is 12.7. The van der Waals surface area contributed by atoms with Crippen molar-refractivity contribution in [1.29, 1.82) is 0 Å². The Labute approximate surface area is 148 Å². The van der Waals surface area contributed by atoms with Crippen LogP contribution >= 0.6 is 23.4 Å². The molecule has 2 aromatic carbocycles. The summed E-state index contributed by atoms with van der Waals surface area (Å²) in [7, 11) is 0. The first kappa shape index (κ1) is 18.3. The fourth-order valence-corrected chi connectivity index (χ4v) is 2.67. The van der Waals surface area contributed by atoms with Crippen LogP contribution in [0.15, 0.2) is 53.4 Å². The lowest BCUT2D eigenvalue weighted by Crippen LogP contribution is -2.35. The van der Waals surface area contributed by atoms with Crippen LogP contribution in [0.1, 0.15) is 10.4 Å². The number of hydrogen-bond acceptors (Lipinski definition) is 3. The Hall–Kier alpha value is -2.05. The van der Waals surface area contributed by atoms with E-state index < -0.39 is 0 Å². The van der Waals surface area contributed by atoms with Gasteiger partial charge in [-0.3, -0.25) is 9.59 Å². The molecule has 0 heterocycles. The van der Waals surface area contributed by atoms with Crippen molar-refractivity contribution in [3.05, 3.63) is 64.9 Å². The van der Waals surface area contributed by atoms with Gasteiger partial charge in [0.2, 0.25) is 5.91 Å². The van der Waals surface area contributed by atoms with Gasteiger partial charge in [-0.25, -0.2) is 4.39 Å². The first-order chi connectivity index (χ1) is 11.5. The third kappa shape index (κ3) is 6.22. The molecule has 126 valence electrons. The molecule has 0 aliphatic rings. The zero-order valence-corrected chi connectivity index (χ0v) is 14.3. The van der Waals surface area contributed by atoms with Gasteiger partial charge in [0.15, 0.2) is 0 Å². The summed E-state index contributed by atoms with van der Waals surface area (Å²) in [5.74, 6) is -0.441. The molecule has 0 aromatic heterocycles. The summed E-state index contributed by atoms with van der Waals surface area (Å²) in [6.45, 7) is 0.663. The predicted octanol–water partition coefficient (Wildman–Crippen LogP) is 3.12. The normalized spacial score (nSPS) is 10.2.